The molecule has 12 rings (SSSR count). The monoisotopic (exact) mass is 882 g/mol. The molecule has 0 bridgehead atoms. The average molecular weight is 883 g/mol. The number of H-pyrrole nitrogens is 2. The molecule has 0 spiro atoms. The molecule has 4 amide bonds. The summed E-state index contributed by atoms with van der Waals surface area (Å²) in [5.41, 5.74) is 7.06. The number of carboxylic acid groups (broad SMARTS) is 1. The lowest BCUT2D eigenvalue weighted by molar-refractivity contribution is -0.139. The molecule has 6 aliphatic rings. The fraction of sp³-hybridized carbons (Fsp3) is 0.346. The van der Waals surface area contributed by atoms with Gasteiger partial charge in [0, 0.05) is 29.9 Å². The number of ether oxygens (including phenoxy) is 1. The van der Waals surface area contributed by atoms with Crippen LogP contribution in [-0.4, -0.2) is 88.0 Å². The first-order valence-corrected chi connectivity index (χ1v) is 23.3. The normalized spacial score (nSPS) is 24.5. The fourth-order valence-corrected chi connectivity index (χ4v) is 10.6. The number of amides is 4. The Balaban J connectivity index is 0.727. The summed E-state index contributed by atoms with van der Waals surface area (Å²) in [6.45, 7) is 0. The minimum absolute atomic E-state index is 0.0724. The second-order valence-corrected chi connectivity index (χ2v) is 19.0. The van der Waals surface area contributed by atoms with Crippen LogP contribution in [0.1, 0.15) is 98.3 Å². The van der Waals surface area contributed by atoms with Gasteiger partial charge >= 0.3 is 12.2 Å². The van der Waals surface area contributed by atoms with Gasteiger partial charge < -0.3 is 34.9 Å². The van der Waals surface area contributed by atoms with Gasteiger partial charge in [0.05, 0.1) is 29.7 Å². The summed E-state index contributed by atoms with van der Waals surface area (Å²) >= 11 is 0. The van der Waals surface area contributed by atoms with Gasteiger partial charge in [-0.05, 0) is 91.0 Å². The molecule has 4 N–H and O–H groups in total. The van der Waals surface area contributed by atoms with Crippen molar-refractivity contribution in [2.75, 3.05) is 0 Å². The van der Waals surface area contributed by atoms with Gasteiger partial charge in [-0.3, -0.25) is 14.5 Å². The molecule has 0 unspecified atom stereocenters. The van der Waals surface area contributed by atoms with Crippen LogP contribution < -0.4 is 5.32 Å². The van der Waals surface area contributed by atoms with Gasteiger partial charge in [-0.25, -0.2) is 19.6 Å². The number of benzene rings is 4. The Morgan fingerprint density at radius 3 is 1.86 bits per heavy atom. The minimum atomic E-state index is -1.06. The molecule has 4 aliphatic carbocycles. The first-order chi connectivity index (χ1) is 32.3. The fourth-order valence-electron chi connectivity index (χ4n) is 10.6. The standard InChI is InChI=1S/C52H50N8O6/c61-49(45(33-7-3-1-4-8-33)57-51(63)66-38-21-22-38)59-41-23-35(41)25-43(59)47-53-27-39(55-47)31-15-11-29(12-16-31)30-13-17-32(18-14-30)40-28-54-48(56-40)44-26-36-24-42(36)60(44)50(62)46(34-9-5-2-6-10-34)58(52(64)65)37-19-20-37/h1-18,27-28,35-38,41-46H,19-26H2,(H,53,55)(H,54,56)(H,57,63)(H,64,65)/t35-,36-,41-,42-,43+,44+,45-,46-/m1/s1. The average Bonchev–Trinajstić information content (AvgIpc) is 4.32. The molecule has 14 nitrogen and oxygen atoms in total. The lowest BCUT2D eigenvalue weighted by Crippen LogP contribution is -2.47. The Kier molecular flexibility index (Phi) is 9.79. The molecule has 66 heavy (non-hydrogen) atoms. The van der Waals surface area contributed by atoms with Crippen LogP contribution in [0.25, 0.3) is 33.6 Å². The number of piperidine rings is 2. The van der Waals surface area contributed by atoms with Crippen LogP contribution in [0.3, 0.4) is 0 Å². The van der Waals surface area contributed by atoms with Gasteiger partial charge in [-0.1, -0.05) is 109 Å². The van der Waals surface area contributed by atoms with E-state index in [-0.39, 0.29) is 48.1 Å². The van der Waals surface area contributed by atoms with Crippen LogP contribution in [0.2, 0.25) is 0 Å². The van der Waals surface area contributed by atoms with Crippen molar-refractivity contribution in [2.45, 2.75) is 99.8 Å². The Bertz CT molecular complexity index is 2800. The number of hydrogen-bond donors (Lipinski definition) is 4. The van der Waals surface area contributed by atoms with Gasteiger partial charge in [0.15, 0.2) is 0 Å². The van der Waals surface area contributed by atoms with E-state index in [4.69, 9.17) is 14.7 Å². The maximum Gasteiger partial charge on any atom is 0.408 e. The predicted octanol–water partition coefficient (Wildman–Crippen LogP) is 8.97. The number of aromatic amines is 2. The molecule has 4 aromatic carbocycles. The van der Waals surface area contributed by atoms with Crippen molar-refractivity contribution in [3.05, 3.63) is 144 Å². The second-order valence-electron chi connectivity index (χ2n) is 19.0. The molecule has 2 aromatic heterocycles. The second kappa shape index (κ2) is 16.0. The highest BCUT2D eigenvalue weighted by molar-refractivity contribution is 5.89. The highest BCUT2D eigenvalue weighted by Gasteiger charge is 2.58. The lowest BCUT2D eigenvalue weighted by Gasteiger charge is -2.35. The van der Waals surface area contributed by atoms with Crippen molar-refractivity contribution >= 4 is 24.0 Å². The number of nitrogens with one attached hydrogen (secondary N) is 3. The highest BCUT2D eigenvalue weighted by Crippen LogP contribution is 2.55. The molecular formula is C52H50N8O6. The first kappa shape index (κ1) is 40.3. The van der Waals surface area contributed by atoms with Crippen LogP contribution in [0, 0.1) is 11.8 Å². The third kappa shape index (κ3) is 7.57. The van der Waals surface area contributed by atoms with E-state index in [1.54, 1.807) is 0 Å². The summed E-state index contributed by atoms with van der Waals surface area (Å²) in [7, 11) is 0. The minimum Gasteiger partial charge on any atom is -0.465 e. The molecule has 6 aromatic rings. The number of rotatable bonds is 13. The molecule has 0 radical (unpaired) electrons. The third-order valence-corrected chi connectivity index (χ3v) is 14.5. The number of nitrogens with zero attached hydrogens (tertiary/aromatic N) is 5. The maximum absolute atomic E-state index is 14.6. The van der Waals surface area contributed by atoms with E-state index in [1.165, 1.54) is 4.90 Å². The van der Waals surface area contributed by atoms with Crippen molar-refractivity contribution < 1.29 is 29.0 Å². The number of alkyl carbamates (subject to hydrolysis) is 1. The van der Waals surface area contributed by atoms with Crippen molar-refractivity contribution in [3.63, 3.8) is 0 Å². The number of hydrogen-bond acceptors (Lipinski definition) is 7. The summed E-state index contributed by atoms with van der Waals surface area (Å²) in [5.74, 6) is 1.92. The van der Waals surface area contributed by atoms with Gasteiger partial charge in [-0.2, -0.15) is 0 Å². The SMILES string of the molecule is O=C(N[C@@H](C(=O)N1[C@@H]2C[C@@H]2C[C@H]1c1ncc(-c2ccc(-c3ccc(-c4c[nH]c([C@@H]5C[C@H]6C[C@H]6N5C(=O)[C@@H](c5ccccc5)N(C(=O)O)C5CC5)n4)cc3)cc2)[nH]1)c1ccccc1)OC1CC1. The Hall–Kier alpha value is -7.22. The number of fused-ring (bicyclic) bond motifs is 2. The van der Waals surface area contributed by atoms with E-state index in [0.29, 0.717) is 17.4 Å². The van der Waals surface area contributed by atoms with Crippen LogP contribution in [-0.2, 0) is 14.3 Å². The predicted molar refractivity (Wildman–Crippen MR) is 243 cm³/mol. The van der Waals surface area contributed by atoms with Crippen molar-refractivity contribution in [1.82, 2.24) is 40.0 Å². The molecule has 2 aliphatic heterocycles. The number of aromatic nitrogens is 4. The van der Waals surface area contributed by atoms with Gasteiger partial charge in [0.25, 0.3) is 11.8 Å². The summed E-state index contributed by atoms with van der Waals surface area (Å²) in [6, 6.07) is 33.0. The largest absolute Gasteiger partial charge is 0.465 e. The Morgan fingerprint density at radius 1 is 0.682 bits per heavy atom. The van der Waals surface area contributed by atoms with Crippen LogP contribution in [0.4, 0.5) is 9.59 Å². The summed E-state index contributed by atoms with van der Waals surface area (Å²) in [6.07, 6.45) is 8.73. The highest BCUT2D eigenvalue weighted by atomic mass is 16.6. The van der Waals surface area contributed by atoms with Crippen molar-refractivity contribution in [1.29, 1.82) is 0 Å². The molecule has 4 saturated carbocycles. The lowest BCUT2D eigenvalue weighted by atomic mass is 10.0. The van der Waals surface area contributed by atoms with E-state index in [0.717, 1.165) is 102 Å². The first-order valence-electron chi connectivity index (χ1n) is 23.3. The summed E-state index contributed by atoms with van der Waals surface area (Å²) in [5, 5.41) is 13.2. The number of carbonyl (C=O) groups excluding carboxylic acids is 3. The Morgan fingerprint density at radius 2 is 1.26 bits per heavy atom. The van der Waals surface area contributed by atoms with E-state index in [9.17, 15) is 24.3 Å². The van der Waals surface area contributed by atoms with E-state index in [2.05, 4.69) is 63.8 Å². The maximum atomic E-state index is 14.6. The van der Waals surface area contributed by atoms with Gasteiger partial charge in [0.1, 0.15) is 29.8 Å². The van der Waals surface area contributed by atoms with E-state index >= 15 is 0 Å². The summed E-state index contributed by atoms with van der Waals surface area (Å²) < 4.78 is 5.48. The number of imidazole rings is 2. The van der Waals surface area contributed by atoms with Gasteiger partial charge in [-0.15, -0.1) is 0 Å². The molecule has 334 valence electrons. The zero-order valence-corrected chi connectivity index (χ0v) is 36.2. The molecular weight excluding hydrogens is 833 g/mol. The molecule has 6 fully saturated rings. The zero-order valence-electron chi connectivity index (χ0n) is 36.2. The van der Waals surface area contributed by atoms with Crippen molar-refractivity contribution in [3.8, 4) is 33.6 Å². The quantitative estimate of drug-likeness (QED) is 0.0889. The third-order valence-electron chi connectivity index (χ3n) is 14.5. The molecule has 8 atom stereocenters. The smallest absolute Gasteiger partial charge is 0.408 e. The number of carbonyl (C=O) groups is 4. The molecule has 2 saturated heterocycles. The van der Waals surface area contributed by atoms with E-state index < -0.39 is 24.3 Å². The van der Waals surface area contributed by atoms with E-state index in [1.807, 2.05) is 82.9 Å². The summed E-state index contributed by atoms with van der Waals surface area (Å²) in [4.78, 5) is 76.3. The van der Waals surface area contributed by atoms with Crippen molar-refractivity contribution in [2.24, 2.45) is 11.8 Å². The van der Waals surface area contributed by atoms with Crippen LogP contribution >= 0.6 is 0 Å². The Labute approximate surface area is 381 Å². The topological polar surface area (TPSA) is 177 Å². The number of likely N-dealkylation sites (tertiary alicyclic amines) is 2. The molecule has 4 heterocycles. The molecule has 14 heteroatoms. The van der Waals surface area contributed by atoms with Crippen LogP contribution in [0.5, 0.6) is 0 Å². The van der Waals surface area contributed by atoms with Crippen LogP contribution in [0.15, 0.2) is 122 Å². The van der Waals surface area contributed by atoms with Gasteiger partial charge in [0.2, 0.25) is 0 Å². The zero-order chi connectivity index (χ0) is 44.6.